The van der Waals surface area contributed by atoms with E-state index in [1.54, 1.807) is 0 Å². The van der Waals surface area contributed by atoms with Crippen LogP contribution in [0.25, 0.3) is 0 Å². The third-order valence-electron chi connectivity index (χ3n) is 1.83. The number of rotatable bonds is 11. The molecule has 0 saturated carbocycles. The molecule has 18 heavy (non-hydrogen) atoms. The predicted molar refractivity (Wildman–Crippen MR) is 84.4 cm³/mol. The fourth-order valence-electron chi connectivity index (χ4n) is 0.921. The molecule has 0 radical (unpaired) electrons. The molecule has 4 nitrogen and oxygen atoms in total. The molecule has 0 spiro atoms. The van der Waals surface area contributed by atoms with Gasteiger partial charge in [0.05, 0.1) is 13.2 Å². The maximum Gasteiger partial charge on any atom is 0.147 e. The van der Waals surface area contributed by atoms with Gasteiger partial charge in [0.25, 0.3) is 0 Å². The summed E-state index contributed by atoms with van der Waals surface area (Å²) in [6.07, 6.45) is 2.81. The van der Waals surface area contributed by atoms with E-state index in [0.29, 0.717) is 25.8 Å². The van der Waals surface area contributed by atoms with E-state index in [-0.39, 0.29) is 13.2 Å². The van der Waals surface area contributed by atoms with Gasteiger partial charge < -0.3 is 19.1 Å². The Hall–Kier alpha value is 0.660. The molecule has 0 heterocycles. The monoisotopic (exact) mass is 330 g/mol. The van der Waals surface area contributed by atoms with Crippen molar-refractivity contribution in [2.75, 3.05) is 26.4 Å². The van der Waals surface area contributed by atoms with Gasteiger partial charge in [0.2, 0.25) is 0 Å². The lowest BCUT2D eigenvalue weighted by Gasteiger charge is -2.15. The minimum atomic E-state index is -1.03. The van der Waals surface area contributed by atoms with Crippen molar-refractivity contribution < 1.29 is 19.1 Å². The Morgan fingerprint density at radius 1 is 0.778 bits per heavy atom. The predicted octanol–water partition coefficient (Wildman–Crippen LogP) is 1.31. The van der Waals surface area contributed by atoms with Crippen LogP contribution in [0, 0.1) is 0 Å². The molecule has 0 aromatic rings. The molecule has 0 saturated heterocycles. The highest BCUT2D eigenvalue weighted by Crippen LogP contribution is 2.17. The summed E-state index contributed by atoms with van der Waals surface area (Å²) in [6.45, 7) is 1.32. The van der Waals surface area contributed by atoms with Gasteiger partial charge in [-0.1, -0.05) is 0 Å². The maximum absolute atomic E-state index is 10.5. The second-order valence-electron chi connectivity index (χ2n) is 3.81. The Morgan fingerprint density at radius 3 is 1.39 bits per heavy atom. The number of hydrogen-bond donors (Lipinski definition) is 4. The molecular formula is C10H18O4S4. The van der Waals surface area contributed by atoms with Gasteiger partial charge in [0.15, 0.2) is 0 Å². The number of aldehydes is 2. The summed E-state index contributed by atoms with van der Waals surface area (Å²) in [5.74, 6) is 0. The lowest BCUT2D eigenvalue weighted by Crippen LogP contribution is -2.24. The molecule has 0 bridgehead atoms. The quantitative estimate of drug-likeness (QED) is 0.200. The van der Waals surface area contributed by atoms with Crippen LogP contribution in [0.5, 0.6) is 0 Å². The highest BCUT2D eigenvalue weighted by atomic mass is 32.2. The van der Waals surface area contributed by atoms with Gasteiger partial charge in [-0.25, -0.2) is 0 Å². The van der Waals surface area contributed by atoms with Gasteiger partial charge in [-0.2, -0.15) is 50.5 Å². The maximum atomic E-state index is 10.5. The summed E-state index contributed by atoms with van der Waals surface area (Å²) in [4.78, 5) is 20.9. The van der Waals surface area contributed by atoms with E-state index in [0.717, 1.165) is 12.8 Å². The first-order valence-corrected chi connectivity index (χ1v) is 7.09. The van der Waals surface area contributed by atoms with Crippen molar-refractivity contribution in [1.82, 2.24) is 0 Å². The summed E-state index contributed by atoms with van der Waals surface area (Å²) < 4.78 is 8.40. The number of unbranched alkanes of at least 4 members (excludes halogenated alkanes) is 1. The second-order valence-corrected chi connectivity index (χ2v) is 7.70. The number of ether oxygens (including phenoxy) is 2. The molecule has 0 aliphatic carbocycles. The fraction of sp³-hybridized carbons (Fsp3) is 0.800. The van der Waals surface area contributed by atoms with E-state index in [9.17, 15) is 9.59 Å². The molecule has 0 aliphatic heterocycles. The van der Waals surface area contributed by atoms with Crippen molar-refractivity contribution >= 4 is 63.1 Å². The van der Waals surface area contributed by atoms with E-state index in [4.69, 9.17) is 9.47 Å². The molecule has 0 N–H and O–H groups in total. The standard InChI is InChI=1S/C10H18O4S4/c11-5-9(15,16)7-13-3-1-2-4-14-8-10(17,18)6-12/h5-6,15-18H,1-4,7-8H2. The SMILES string of the molecule is O=CC(S)(S)COCCCCOCC(S)(S)C=O. The molecule has 0 aromatic heterocycles. The fourth-order valence-corrected chi connectivity index (χ4v) is 1.29. The van der Waals surface area contributed by atoms with Crippen molar-refractivity contribution in [3.05, 3.63) is 0 Å². The largest absolute Gasteiger partial charge is 0.379 e. The third-order valence-corrected chi connectivity index (χ3v) is 2.77. The summed E-state index contributed by atoms with van der Waals surface area (Å²) in [5.41, 5.74) is 0. The summed E-state index contributed by atoms with van der Waals surface area (Å²) in [7, 11) is 0. The molecule has 0 aromatic carbocycles. The Bertz CT molecular complexity index is 232. The Balaban J connectivity index is 3.37. The molecule has 0 unspecified atom stereocenters. The minimum absolute atomic E-state index is 0.158. The van der Waals surface area contributed by atoms with Crippen LogP contribution < -0.4 is 0 Å². The zero-order chi connectivity index (χ0) is 14.1. The van der Waals surface area contributed by atoms with E-state index in [1.165, 1.54) is 0 Å². The lowest BCUT2D eigenvalue weighted by molar-refractivity contribution is -0.109. The van der Waals surface area contributed by atoms with E-state index >= 15 is 0 Å². The number of carbonyl (C=O) groups is 2. The normalized spacial score (nSPS) is 12.4. The van der Waals surface area contributed by atoms with Crippen LogP contribution in [0.2, 0.25) is 0 Å². The molecule has 0 atom stereocenters. The number of thiol groups is 4. The number of carbonyl (C=O) groups excluding carboxylic acids is 2. The van der Waals surface area contributed by atoms with Gasteiger partial charge in [-0.15, -0.1) is 0 Å². The summed E-state index contributed by atoms with van der Waals surface area (Å²) in [5, 5.41) is 0. The van der Waals surface area contributed by atoms with Crippen LogP contribution >= 0.6 is 50.5 Å². The van der Waals surface area contributed by atoms with Crippen LogP contribution in [0.3, 0.4) is 0 Å². The first-order valence-electron chi connectivity index (χ1n) is 5.30. The highest BCUT2D eigenvalue weighted by Gasteiger charge is 2.19. The van der Waals surface area contributed by atoms with Crippen LogP contribution in [0.4, 0.5) is 0 Å². The molecule has 0 fully saturated rings. The van der Waals surface area contributed by atoms with E-state index in [1.807, 2.05) is 0 Å². The van der Waals surface area contributed by atoms with Crippen molar-refractivity contribution in [3.63, 3.8) is 0 Å². The van der Waals surface area contributed by atoms with Crippen LogP contribution in [-0.4, -0.2) is 47.2 Å². The average Bonchev–Trinajstić information content (AvgIpc) is 2.32. The average molecular weight is 331 g/mol. The second kappa shape index (κ2) is 9.55. The smallest absolute Gasteiger partial charge is 0.147 e. The van der Waals surface area contributed by atoms with Crippen molar-refractivity contribution in [2.24, 2.45) is 0 Å². The van der Waals surface area contributed by atoms with Crippen molar-refractivity contribution in [3.8, 4) is 0 Å². The molecule has 8 heteroatoms. The van der Waals surface area contributed by atoms with Gasteiger partial charge in [-0.05, 0) is 12.8 Å². The number of hydrogen-bond acceptors (Lipinski definition) is 8. The lowest BCUT2D eigenvalue weighted by atomic mass is 10.3. The van der Waals surface area contributed by atoms with Crippen LogP contribution in [-0.2, 0) is 19.1 Å². The topological polar surface area (TPSA) is 52.6 Å². The van der Waals surface area contributed by atoms with Gasteiger partial charge >= 0.3 is 0 Å². The van der Waals surface area contributed by atoms with Gasteiger partial charge in [0.1, 0.15) is 20.7 Å². The van der Waals surface area contributed by atoms with Crippen molar-refractivity contribution in [2.45, 2.75) is 21.0 Å². The van der Waals surface area contributed by atoms with Gasteiger partial charge in [-0.3, -0.25) is 0 Å². The van der Waals surface area contributed by atoms with Gasteiger partial charge in [0, 0.05) is 13.2 Å². The van der Waals surface area contributed by atoms with Crippen molar-refractivity contribution in [1.29, 1.82) is 0 Å². The summed E-state index contributed by atoms with van der Waals surface area (Å²) >= 11 is 15.9. The van der Waals surface area contributed by atoms with Crippen LogP contribution in [0.1, 0.15) is 12.8 Å². The first kappa shape index (κ1) is 18.7. The molecule has 0 rings (SSSR count). The van der Waals surface area contributed by atoms with E-state index in [2.05, 4.69) is 50.5 Å². The third kappa shape index (κ3) is 10.6. The molecule has 0 aliphatic rings. The highest BCUT2D eigenvalue weighted by molar-refractivity contribution is 8.02. The zero-order valence-corrected chi connectivity index (χ0v) is 13.4. The molecular weight excluding hydrogens is 312 g/mol. The Labute approximate surface area is 129 Å². The molecule has 0 amide bonds. The Kier molecular flexibility index (Phi) is 9.90. The Morgan fingerprint density at radius 2 is 1.11 bits per heavy atom. The summed E-state index contributed by atoms with van der Waals surface area (Å²) in [6, 6.07) is 0. The zero-order valence-electron chi connectivity index (χ0n) is 9.82. The minimum Gasteiger partial charge on any atom is -0.379 e. The first-order chi connectivity index (χ1) is 8.33. The molecule has 106 valence electrons. The van der Waals surface area contributed by atoms with Crippen LogP contribution in [0.15, 0.2) is 0 Å². The van der Waals surface area contributed by atoms with E-state index < -0.39 is 8.16 Å².